The molecule has 0 saturated carbocycles. The summed E-state index contributed by atoms with van der Waals surface area (Å²) >= 11 is 0. The van der Waals surface area contributed by atoms with E-state index >= 15 is 0 Å². The van der Waals surface area contributed by atoms with Gasteiger partial charge in [0.05, 0.1) is 11.0 Å². The van der Waals surface area contributed by atoms with E-state index in [1.54, 1.807) is 0 Å². The minimum absolute atomic E-state index is 0.0253. The maximum absolute atomic E-state index is 2.50. The predicted octanol–water partition coefficient (Wildman–Crippen LogP) is 13.1. The lowest BCUT2D eigenvalue weighted by Crippen LogP contribution is -2.43. The van der Waals surface area contributed by atoms with Crippen molar-refractivity contribution in [2.45, 2.75) is 38.5 Å². The summed E-state index contributed by atoms with van der Waals surface area (Å²) in [6, 6.07) is 56.6. The van der Waals surface area contributed by atoms with Gasteiger partial charge >= 0.3 is 0 Å². The molecule has 49 heavy (non-hydrogen) atoms. The van der Waals surface area contributed by atoms with Crippen LogP contribution in [0.2, 0.25) is 0 Å². The van der Waals surface area contributed by atoms with Gasteiger partial charge in [-0.1, -0.05) is 143 Å². The van der Waals surface area contributed by atoms with E-state index in [0.29, 0.717) is 0 Å². The van der Waals surface area contributed by atoms with E-state index < -0.39 is 0 Å². The van der Waals surface area contributed by atoms with E-state index in [-0.39, 0.29) is 10.8 Å². The summed E-state index contributed by atoms with van der Waals surface area (Å²) in [6.07, 6.45) is 0. The van der Waals surface area contributed by atoms with Crippen LogP contribution in [0.1, 0.15) is 38.8 Å². The minimum Gasteiger partial charge on any atom is -0.309 e. The first-order chi connectivity index (χ1) is 23.8. The number of fused-ring (bicyclic) bond motifs is 11. The van der Waals surface area contributed by atoms with Crippen LogP contribution in [0, 0.1) is 0 Å². The van der Waals surface area contributed by atoms with E-state index in [4.69, 9.17) is 0 Å². The monoisotopic (exact) mass is 627 g/mol. The molecular weight excluding hydrogens is 591 g/mol. The average molecular weight is 628 g/mol. The van der Waals surface area contributed by atoms with Crippen molar-refractivity contribution in [2.75, 3.05) is 0 Å². The van der Waals surface area contributed by atoms with Gasteiger partial charge < -0.3 is 4.57 Å². The van der Waals surface area contributed by atoms with Gasteiger partial charge in [-0.25, -0.2) is 0 Å². The Morgan fingerprint density at radius 3 is 1.73 bits per heavy atom. The molecule has 0 amide bonds. The summed E-state index contributed by atoms with van der Waals surface area (Å²) in [5, 5.41) is 10.4. The zero-order valence-electron chi connectivity index (χ0n) is 28.4. The fourth-order valence-electron chi connectivity index (χ4n) is 8.86. The number of nitrogens with zero attached hydrogens (tertiary/aromatic N) is 1. The fraction of sp³-hybridized carbons (Fsp3) is 0.125. The molecule has 1 aromatic heterocycles. The van der Waals surface area contributed by atoms with Gasteiger partial charge in [0.1, 0.15) is 0 Å². The number of aromatic nitrogens is 1. The van der Waals surface area contributed by atoms with Crippen LogP contribution in [0.5, 0.6) is 0 Å². The van der Waals surface area contributed by atoms with Gasteiger partial charge in [-0.15, -0.1) is 0 Å². The Morgan fingerprint density at radius 2 is 1.00 bits per heavy atom. The van der Waals surface area contributed by atoms with Crippen LogP contribution in [0.3, 0.4) is 0 Å². The number of hydrogen-bond donors (Lipinski definition) is 0. The molecule has 1 aliphatic rings. The van der Waals surface area contributed by atoms with Crippen molar-refractivity contribution >= 4 is 54.1 Å². The van der Waals surface area contributed by atoms with Gasteiger partial charge in [0.2, 0.25) is 0 Å². The van der Waals surface area contributed by atoms with Crippen LogP contribution in [0.15, 0.2) is 152 Å². The minimum atomic E-state index is -0.0408. The van der Waals surface area contributed by atoms with Gasteiger partial charge in [0.25, 0.3) is 0 Å². The number of rotatable bonds is 2. The summed E-state index contributed by atoms with van der Waals surface area (Å²) in [6.45, 7) is 9.70. The highest BCUT2D eigenvalue weighted by Crippen LogP contribution is 2.56. The maximum Gasteiger partial charge on any atom is 0.0541 e. The van der Waals surface area contributed by atoms with Crippen LogP contribution in [-0.2, 0) is 10.8 Å². The Labute approximate surface area is 287 Å². The molecule has 8 aromatic carbocycles. The molecule has 10 rings (SSSR count). The zero-order chi connectivity index (χ0) is 33.1. The summed E-state index contributed by atoms with van der Waals surface area (Å²) in [7, 11) is 0. The van der Waals surface area contributed by atoms with Crippen LogP contribution < -0.4 is 0 Å². The summed E-state index contributed by atoms with van der Waals surface area (Å²) in [5.74, 6) is 0. The van der Waals surface area contributed by atoms with E-state index in [9.17, 15) is 0 Å². The Hall–Kier alpha value is -5.66. The zero-order valence-corrected chi connectivity index (χ0v) is 28.4. The number of hydrogen-bond acceptors (Lipinski definition) is 0. The molecular formula is C48H37N. The molecule has 0 radical (unpaired) electrons. The standard InChI is InChI=1S/C48H37N/c1-47(2)42-27-23-30-12-5-6-13-35(30)46(42)41-29-40-32(28-43(41)48(47,3)4)22-26-37-34(16-11-17-36(37)40)31-20-24-33(25-21-31)49-44-18-9-7-14-38(44)39-15-8-10-19-45(39)49/h5-29H,1-4H3. The predicted molar refractivity (Wildman–Crippen MR) is 210 cm³/mol. The molecule has 234 valence electrons. The Morgan fingerprint density at radius 1 is 0.388 bits per heavy atom. The SMILES string of the molecule is CC1(C)c2cc3ccc4c(-c5ccc(-n6c7ccccc7c7ccccc76)cc5)cccc4c3cc2-c2c(ccc3ccccc23)C1(C)C. The summed E-state index contributed by atoms with van der Waals surface area (Å²) < 4.78 is 2.39. The van der Waals surface area contributed by atoms with Crippen molar-refractivity contribution in [3.05, 3.63) is 163 Å². The Balaban J connectivity index is 1.16. The molecule has 1 heteroatoms. The molecule has 0 atom stereocenters. The molecule has 0 aliphatic heterocycles. The lowest BCUT2D eigenvalue weighted by atomic mass is 9.55. The van der Waals surface area contributed by atoms with Crippen LogP contribution in [0.25, 0.3) is 82.1 Å². The molecule has 0 spiro atoms. The van der Waals surface area contributed by atoms with Gasteiger partial charge in [-0.05, 0) is 113 Å². The normalized spacial score (nSPS) is 14.9. The lowest BCUT2D eigenvalue weighted by molar-refractivity contribution is 0.299. The second-order valence-corrected chi connectivity index (χ2v) is 15.0. The largest absolute Gasteiger partial charge is 0.309 e. The van der Waals surface area contributed by atoms with Gasteiger partial charge in [0.15, 0.2) is 0 Å². The third-order valence-electron chi connectivity index (χ3n) is 12.1. The lowest BCUT2D eigenvalue weighted by Gasteiger charge is -2.48. The highest BCUT2D eigenvalue weighted by Gasteiger charge is 2.46. The van der Waals surface area contributed by atoms with Crippen molar-refractivity contribution in [1.29, 1.82) is 0 Å². The second kappa shape index (κ2) is 9.94. The highest BCUT2D eigenvalue weighted by molar-refractivity contribution is 6.15. The summed E-state index contributed by atoms with van der Waals surface area (Å²) in [4.78, 5) is 0. The van der Waals surface area contributed by atoms with Crippen molar-refractivity contribution < 1.29 is 0 Å². The highest BCUT2D eigenvalue weighted by atomic mass is 15.0. The molecule has 0 fully saturated rings. The van der Waals surface area contributed by atoms with Gasteiger partial charge in [-0.3, -0.25) is 0 Å². The number of benzene rings is 8. The topological polar surface area (TPSA) is 4.93 Å². The number of para-hydroxylation sites is 2. The third kappa shape index (κ3) is 3.82. The van der Waals surface area contributed by atoms with Crippen molar-refractivity contribution in [2.24, 2.45) is 0 Å². The molecule has 0 unspecified atom stereocenters. The molecule has 0 saturated heterocycles. The van der Waals surface area contributed by atoms with Gasteiger partial charge in [0, 0.05) is 16.5 Å². The van der Waals surface area contributed by atoms with E-state index in [2.05, 4.69) is 184 Å². The molecule has 1 heterocycles. The quantitative estimate of drug-likeness (QED) is 0.168. The van der Waals surface area contributed by atoms with E-state index in [0.717, 1.165) is 0 Å². The van der Waals surface area contributed by atoms with Gasteiger partial charge in [-0.2, -0.15) is 0 Å². The third-order valence-corrected chi connectivity index (χ3v) is 12.1. The first-order valence-electron chi connectivity index (χ1n) is 17.4. The Bertz CT molecular complexity index is 2750. The maximum atomic E-state index is 2.50. The van der Waals surface area contributed by atoms with Crippen LogP contribution in [-0.4, -0.2) is 4.57 Å². The molecule has 1 aliphatic carbocycles. The molecule has 0 N–H and O–H groups in total. The van der Waals surface area contributed by atoms with E-state index in [1.165, 1.54) is 93.2 Å². The first-order valence-corrected chi connectivity index (χ1v) is 17.4. The second-order valence-electron chi connectivity index (χ2n) is 15.0. The van der Waals surface area contributed by atoms with Crippen molar-refractivity contribution in [3.63, 3.8) is 0 Å². The smallest absolute Gasteiger partial charge is 0.0541 e. The first kappa shape index (κ1) is 28.4. The van der Waals surface area contributed by atoms with Crippen LogP contribution in [0.4, 0.5) is 0 Å². The molecule has 1 nitrogen and oxygen atoms in total. The van der Waals surface area contributed by atoms with E-state index in [1.807, 2.05) is 0 Å². The molecule has 9 aromatic rings. The van der Waals surface area contributed by atoms with Crippen LogP contribution >= 0.6 is 0 Å². The fourth-order valence-corrected chi connectivity index (χ4v) is 8.86. The van der Waals surface area contributed by atoms with Crippen molar-refractivity contribution in [3.8, 4) is 27.9 Å². The Kier molecular flexibility index (Phi) is 5.75. The summed E-state index contributed by atoms with van der Waals surface area (Å²) in [5.41, 5.74) is 11.7. The molecule has 0 bridgehead atoms. The van der Waals surface area contributed by atoms with Crippen molar-refractivity contribution in [1.82, 2.24) is 4.57 Å². The average Bonchev–Trinajstić information content (AvgIpc) is 3.47.